The van der Waals surface area contributed by atoms with Crippen LogP contribution in [0.2, 0.25) is 0 Å². The van der Waals surface area contributed by atoms with Gasteiger partial charge in [-0.2, -0.15) is 0 Å². The molecule has 0 saturated heterocycles. The van der Waals surface area contributed by atoms with Crippen LogP contribution in [-0.2, 0) is 11.2 Å². The zero-order valence-corrected chi connectivity index (χ0v) is 9.35. The van der Waals surface area contributed by atoms with Crippen LogP contribution in [0.5, 0.6) is 0 Å². The normalized spacial score (nSPS) is 10.0. The second-order valence-electron chi connectivity index (χ2n) is 2.95. The molecule has 6 heteroatoms. The van der Waals surface area contributed by atoms with E-state index in [4.69, 9.17) is 5.11 Å². The van der Waals surface area contributed by atoms with E-state index >= 15 is 0 Å². The summed E-state index contributed by atoms with van der Waals surface area (Å²) in [6.07, 6.45) is 0.776. The number of thiazole rings is 1. The third kappa shape index (κ3) is 3.02. The van der Waals surface area contributed by atoms with Crippen molar-refractivity contribution in [3.05, 3.63) is 15.6 Å². The van der Waals surface area contributed by atoms with E-state index in [-0.39, 0.29) is 12.5 Å². The largest absolute Gasteiger partial charge is 0.480 e. The summed E-state index contributed by atoms with van der Waals surface area (Å²) < 4.78 is 0. The lowest BCUT2D eigenvalue weighted by Crippen LogP contribution is -2.29. The molecule has 15 heavy (non-hydrogen) atoms. The molecular weight excluding hydrogens is 216 g/mol. The third-order valence-electron chi connectivity index (χ3n) is 1.75. The van der Waals surface area contributed by atoms with Crippen LogP contribution in [0.25, 0.3) is 0 Å². The van der Waals surface area contributed by atoms with Crippen LogP contribution in [-0.4, -0.2) is 28.5 Å². The molecule has 0 saturated carbocycles. The predicted octanol–water partition coefficient (Wildman–Crippen LogP) is 0.828. The van der Waals surface area contributed by atoms with Crippen LogP contribution >= 0.6 is 11.3 Å². The molecule has 0 fully saturated rings. The van der Waals surface area contributed by atoms with E-state index in [0.717, 1.165) is 11.4 Å². The molecular formula is C9H12N2O3S. The summed E-state index contributed by atoms with van der Waals surface area (Å²) in [5.74, 6) is -1.42. The van der Waals surface area contributed by atoms with Gasteiger partial charge in [-0.15, -0.1) is 11.3 Å². The first-order chi connectivity index (χ1) is 7.04. The monoisotopic (exact) mass is 228 g/mol. The second-order valence-corrected chi connectivity index (χ2v) is 4.04. The fraction of sp³-hybridized carbons (Fsp3) is 0.444. The Morgan fingerprint density at radius 2 is 2.20 bits per heavy atom. The first-order valence-corrected chi connectivity index (χ1v) is 5.32. The fourth-order valence-electron chi connectivity index (χ4n) is 1.05. The molecule has 0 unspecified atom stereocenters. The van der Waals surface area contributed by atoms with Gasteiger partial charge in [-0.05, 0) is 13.3 Å². The summed E-state index contributed by atoms with van der Waals surface area (Å²) >= 11 is 1.30. The highest BCUT2D eigenvalue weighted by molar-refractivity contribution is 7.13. The van der Waals surface area contributed by atoms with E-state index < -0.39 is 5.97 Å². The van der Waals surface area contributed by atoms with Gasteiger partial charge in [-0.1, -0.05) is 6.92 Å². The molecule has 82 valence electrons. The molecule has 0 radical (unpaired) electrons. The highest BCUT2D eigenvalue weighted by Gasteiger charge is 2.14. The van der Waals surface area contributed by atoms with Crippen molar-refractivity contribution in [1.82, 2.24) is 10.3 Å². The lowest BCUT2D eigenvalue weighted by Gasteiger charge is -1.99. The fourth-order valence-corrected chi connectivity index (χ4v) is 1.97. The number of carboxylic acids is 1. The molecule has 0 spiro atoms. The number of carboxylic acid groups (broad SMARTS) is 1. The van der Waals surface area contributed by atoms with Crippen LogP contribution < -0.4 is 5.32 Å². The number of nitrogens with one attached hydrogen (secondary N) is 1. The molecule has 0 aliphatic rings. The van der Waals surface area contributed by atoms with Crippen molar-refractivity contribution >= 4 is 23.2 Å². The molecule has 0 aromatic carbocycles. The van der Waals surface area contributed by atoms with Crippen molar-refractivity contribution in [2.24, 2.45) is 0 Å². The number of carbonyl (C=O) groups excluding carboxylic acids is 1. The summed E-state index contributed by atoms with van der Waals surface area (Å²) in [6.45, 7) is 3.33. The topological polar surface area (TPSA) is 79.3 Å². The van der Waals surface area contributed by atoms with Gasteiger partial charge in [0.25, 0.3) is 5.91 Å². The van der Waals surface area contributed by atoms with E-state index in [9.17, 15) is 9.59 Å². The molecule has 0 bridgehead atoms. The highest BCUT2D eigenvalue weighted by atomic mass is 32.1. The number of nitrogens with zero attached hydrogens (tertiary/aromatic N) is 1. The van der Waals surface area contributed by atoms with Crippen molar-refractivity contribution in [2.75, 3.05) is 6.54 Å². The average Bonchev–Trinajstić information content (AvgIpc) is 2.56. The maximum Gasteiger partial charge on any atom is 0.322 e. The molecule has 1 aromatic rings. The number of hydrogen-bond acceptors (Lipinski definition) is 4. The number of hydrogen-bond donors (Lipinski definition) is 2. The zero-order chi connectivity index (χ0) is 11.4. The van der Waals surface area contributed by atoms with Gasteiger partial charge in [0, 0.05) is 0 Å². The van der Waals surface area contributed by atoms with Gasteiger partial charge >= 0.3 is 5.97 Å². The smallest absolute Gasteiger partial charge is 0.322 e. The Morgan fingerprint density at radius 1 is 1.53 bits per heavy atom. The maximum atomic E-state index is 11.5. The van der Waals surface area contributed by atoms with Gasteiger partial charge < -0.3 is 10.4 Å². The van der Waals surface area contributed by atoms with Gasteiger partial charge in [-0.3, -0.25) is 9.59 Å². The molecule has 2 N–H and O–H groups in total. The summed E-state index contributed by atoms with van der Waals surface area (Å²) in [5, 5.41) is 11.6. The van der Waals surface area contributed by atoms with Gasteiger partial charge in [0.1, 0.15) is 11.4 Å². The third-order valence-corrected chi connectivity index (χ3v) is 3.05. The molecule has 1 aromatic heterocycles. The number of aliphatic carboxylic acids is 1. The first kappa shape index (κ1) is 11.6. The van der Waals surface area contributed by atoms with Gasteiger partial charge in [0.2, 0.25) is 0 Å². The Kier molecular flexibility index (Phi) is 3.79. The number of rotatable bonds is 4. The quantitative estimate of drug-likeness (QED) is 0.800. The Hall–Kier alpha value is -1.43. The molecule has 5 nitrogen and oxygen atoms in total. The Balaban J connectivity index is 2.72. The van der Waals surface area contributed by atoms with Crippen LogP contribution in [0.4, 0.5) is 0 Å². The molecule has 0 aliphatic carbocycles. The van der Waals surface area contributed by atoms with Crippen LogP contribution in [0, 0.1) is 6.92 Å². The van der Waals surface area contributed by atoms with E-state index in [2.05, 4.69) is 10.3 Å². The van der Waals surface area contributed by atoms with Crippen molar-refractivity contribution in [3.8, 4) is 0 Å². The summed E-state index contributed by atoms with van der Waals surface area (Å²) in [5.41, 5.74) is 0.653. The Morgan fingerprint density at radius 3 is 2.67 bits per heavy atom. The minimum absolute atomic E-state index is 0.363. The average molecular weight is 228 g/mol. The van der Waals surface area contributed by atoms with E-state index in [0.29, 0.717) is 10.6 Å². The molecule has 1 amide bonds. The van der Waals surface area contributed by atoms with E-state index in [1.54, 1.807) is 6.92 Å². The SMILES string of the molecule is CCc1nc(C)c(C(=O)NCC(=O)O)s1. The van der Waals surface area contributed by atoms with Crippen LogP contribution in [0.3, 0.4) is 0 Å². The summed E-state index contributed by atoms with van der Waals surface area (Å²) in [4.78, 5) is 26.4. The van der Waals surface area contributed by atoms with Gasteiger partial charge in [0.15, 0.2) is 0 Å². The number of aromatic nitrogens is 1. The van der Waals surface area contributed by atoms with Crippen LogP contribution in [0.1, 0.15) is 27.3 Å². The van der Waals surface area contributed by atoms with Gasteiger partial charge in [-0.25, -0.2) is 4.98 Å². The summed E-state index contributed by atoms with van der Waals surface area (Å²) in [6, 6.07) is 0. The lowest BCUT2D eigenvalue weighted by molar-refractivity contribution is -0.135. The predicted molar refractivity (Wildman–Crippen MR) is 56.2 cm³/mol. The van der Waals surface area contributed by atoms with Crippen molar-refractivity contribution in [2.45, 2.75) is 20.3 Å². The van der Waals surface area contributed by atoms with E-state index in [1.165, 1.54) is 11.3 Å². The number of aryl methyl sites for hydroxylation is 2. The second kappa shape index (κ2) is 4.88. The standard InChI is InChI=1S/C9H12N2O3S/c1-3-6-11-5(2)8(15-6)9(14)10-4-7(12)13/h3-4H2,1-2H3,(H,10,14)(H,12,13). The minimum atomic E-state index is -1.05. The Bertz CT molecular complexity index is 387. The van der Waals surface area contributed by atoms with E-state index in [1.807, 2.05) is 6.92 Å². The molecule has 1 rings (SSSR count). The Labute approximate surface area is 91.1 Å². The number of amides is 1. The molecule has 1 heterocycles. The maximum absolute atomic E-state index is 11.5. The summed E-state index contributed by atoms with van der Waals surface area (Å²) in [7, 11) is 0. The number of carbonyl (C=O) groups is 2. The molecule has 0 atom stereocenters. The lowest BCUT2D eigenvalue weighted by atomic mass is 10.3. The molecule has 0 aliphatic heterocycles. The zero-order valence-electron chi connectivity index (χ0n) is 8.53. The van der Waals surface area contributed by atoms with Gasteiger partial charge in [0.05, 0.1) is 10.7 Å². The van der Waals surface area contributed by atoms with Crippen molar-refractivity contribution in [1.29, 1.82) is 0 Å². The first-order valence-electron chi connectivity index (χ1n) is 4.51. The van der Waals surface area contributed by atoms with Crippen molar-refractivity contribution < 1.29 is 14.7 Å². The highest BCUT2D eigenvalue weighted by Crippen LogP contribution is 2.17. The van der Waals surface area contributed by atoms with Crippen molar-refractivity contribution in [3.63, 3.8) is 0 Å². The minimum Gasteiger partial charge on any atom is -0.480 e. The van der Waals surface area contributed by atoms with Crippen LogP contribution in [0.15, 0.2) is 0 Å².